The minimum atomic E-state index is -2.51. The van der Waals surface area contributed by atoms with Crippen molar-refractivity contribution in [3.63, 3.8) is 0 Å². The average molecular weight is 322 g/mol. The molecule has 0 amide bonds. The van der Waals surface area contributed by atoms with Crippen LogP contribution >= 0.6 is 0 Å². The lowest BCUT2D eigenvalue weighted by Crippen LogP contribution is -2.48. The number of benzene rings is 1. The molecule has 2 heterocycles. The highest BCUT2D eigenvalue weighted by Gasteiger charge is 2.38. The molecule has 0 spiro atoms. The van der Waals surface area contributed by atoms with Gasteiger partial charge in [0.2, 0.25) is 0 Å². The lowest BCUT2D eigenvalue weighted by atomic mass is 9.79. The molecule has 2 aliphatic heterocycles. The van der Waals surface area contributed by atoms with Gasteiger partial charge in [-0.3, -0.25) is 4.90 Å². The van der Waals surface area contributed by atoms with Gasteiger partial charge >= 0.3 is 0 Å². The van der Waals surface area contributed by atoms with Crippen molar-refractivity contribution in [2.45, 2.75) is 45.3 Å². The number of ether oxygens (including phenoxy) is 2. The third-order valence-electron chi connectivity index (χ3n) is 5.26. The average Bonchev–Trinajstić information content (AvgIpc) is 2.53. The van der Waals surface area contributed by atoms with Crippen LogP contribution in [0.25, 0.3) is 0 Å². The van der Waals surface area contributed by atoms with E-state index >= 15 is 0 Å². The summed E-state index contributed by atoms with van der Waals surface area (Å²) < 4.78 is 32.5. The molecule has 4 nitrogen and oxygen atoms in total. The van der Waals surface area contributed by atoms with Gasteiger partial charge in [-0.25, -0.2) is 0 Å². The molecule has 0 unspecified atom stereocenters. The minimum absolute atomic E-state index is 0.146. The summed E-state index contributed by atoms with van der Waals surface area (Å²) in [6.45, 7) is 6.21. The van der Waals surface area contributed by atoms with Crippen LogP contribution in [-0.4, -0.2) is 43.3 Å². The normalized spacial score (nSPS) is 30.0. The number of aliphatic hydroxyl groups is 1. The van der Waals surface area contributed by atoms with Gasteiger partial charge in [-0.2, -0.15) is 0 Å². The van der Waals surface area contributed by atoms with Gasteiger partial charge in [0.1, 0.15) is 0 Å². The van der Waals surface area contributed by atoms with Gasteiger partial charge in [-0.1, -0.05) is 13.8 Å². The third kappa shape index (κ3) is 3.20. The largest absolute Gasteiger partial charge is 0.493 e. The molecule has 3 atom stereocenters. The van der Waals surface area contributed by atoms with Crippen molar-refractivity contribution in [1.82, 2.24) is 4.90 Å². The van der Waals surface area contributed by atoms with Crippen LogP contribution in [-0.2, 0) is 6.42 Å². The number of hydrogen-bond donors (Lipinski definition) is 1. The molecule has 0 saturated carbocycles. The van der Waals surface area contributed by atoms with Crippen molar-refractivity contribution in [2.75, 3.05) is 27.2 Å². The maximum absolute atomic E-state index is 10.7. The first-order valence-corrected chi connectivity index (χ1v) is 8.50. The Morgan fingerprint density at radius 3 is 2.83 bits per heavy atom. The van der Waals surface area contributed by atoms with Crippen LogP contribution in [0.3, 0.4) is 0 Å². The molecule has 1 aromatic carbocycles. The van der Waals surface area contributed by atoms with E-state index in [9.17, 15) is 5.11 Å². The first kappa shape index (κ1) is 13.1. The second-order valence-electron chi connectivity index (χ2n) is 7.26. The van der Waals surface area contributed by atoms with E-state index in [0.717, 1.165) is 37.1 Å². The Hall–Kier alpha value is -1.26. The molecule has 1 saturated heterocycles. The molecule has 4 heteroatoms. The fraction of sp³-hybridized carbons (Fsp3) is 0.684. The van der Waals surface area contributed by atoms with Crippen molar-refractivity contribution >= 4 is 0 Å². The van der Waals surface area contributed by atoms with E-state index in [0.29, 0.717) is 24.0 Å². The second kappa shape index (κ2) is 6.70. The lowest BCUT2D eigenvalue weighted by Gasteiger charge is -2.46. The molecule has 1 aromatic rings. The smallest absolute Gasteiger partial charge is 0.161 e. The van der Waals surface area contributed by atoms with E-state index in [-0.39, 0.29) is 17.9 Å². The van der Waals surface area contributed by atoms with Gasteiger partial charge in [0.25, 0.3) is 0 Å². The fourth-order valence-electron chi connectivity index (χ4n) is 4.18. The Balaban J connectivity index is 1.87. The summed E-state index contributed by atoms with van der Waals surface area (Å²) >= 11 is 0. The zero-order valence-electron chi connectivity index (χ0n) is 17.2. The molecule has 0 radical (unpaired) electrons. The molecule has 128 valence electrons. The van der Waals surface area contributed by atoms with Crippen LogP contribution in [0.15, 0.2) is 12.1 Å². The van der Waals surface area contributed by atoms with E-state index in [1.165, 1.54) is 7.11 Å². The van der Waals surface area contributed by atoms with Crippen molar-refractivity contribution < 1.29 is 18.7 Å². The van der Waals surface area contributed by atoms with Gasteiger partial charge in [0, 0.05) is 19.1 Å². The number of fused-ring (bicyclic) bond motifs is 3. The zero-order valence-corrected chi connectivity index (χ0v) is 14.2. The zero-order chi connectivity index (χ0) is 19.1. The number of rotatable bonds is 4. The highest BCUT2D eigenvalue weighted by Crippen LogP contribution is 2.43. The van der Waals surface area contributed by atoms with Gasteiger partial charge < -0.3 is 14.6 Å². The number of methoxy groups -OCH3 is 2. The maximum atomic E-state index is 10.7. The van der Waals surface area contributed by atoms with Gasteiger partial charge in [-0.15, -0.1) is 0 Å². The fourth-order valence-corrected chi connectivity index (χ4v) is 4.18. The number of aliphatic hydroxyl groups excluding tert-OH is 1. The van der Waals surface area contributed by atoms with Crippen molar-refractivity contribution in [3.05, 3.63) is 23.3 Å². The van der Waals surface area contributed by atoms with Gasteiger partial charge in [-0.05, 0) is 54.4 Å². The SMILES string of the molecule is [2H]C([2H])([2H])Oc1cc2c(cc1OC)[C@H]1C[C@H](O)[C@H](CC(C)C)CN1CC2. The number of nitrogens with zero attached hydrogens (tertiary/aromatic N) is 1. The van der Waals surface area contributed by atoms with Crippen LogP contribution in [0.2, 0.25) is 0 Å². The predicted octanol–water partition coefficient (Wildman–Crippen LogP) is 3.03. The van der Waals surface area contributed by atoms with Crippen molar-refractivity contribution in [2.24, 2.45) is 11.8 Å². The third-order valence-corrected chi connectivity index (χ3v) is 5.26. The maximum Gasteiger partial charge on any atom is 0.161 e. The molecular formula is C19H29NO3. The van der Waals surface area contributed by atoms with Crippen LogP contribution in [0.5, 0.6) is 11.5 Å². The van der Waals surface area contributed by atoms with Gasteiger partial charge in [0.05, 0.1) is 24.4 Å². The van der Waals surface area contributed by atoms with E-state index < -0.39 is 7.04 Å². The summed E-state index contributed by atoms with van der Waals surface area (Å²) in [5.74, 6) is 1.57. The summed E-state index contributed by atoms with van der Waals surface area (Å²) in [6.07, 6.45) is 2.27. The first-order chi connectivity index (χ1) is 12.2. The lowest BCUT2D eigenvalue weighted by molar-refractivity contribution is -0.0191. The first-order valence-electron chi connectivity index (χ1n) is 10.00. The highest BCUT2D eigenvalue weighted by molar-refractivity contribution is 5.49. The monoisotopic (exact) mass is 322 g/mol. The van der Waals surface area contributed by atoms with E-state index in [1.54, 1.807) is 6.07 Å². The Morgan fingerprint density at radius 2 is 2.13 bits per heavy atom. The van der Waals surface area contributed by atoms with E-state index in [2.05, 4.69) is 18.7 Å². The van der Waals surface area contributed by atoms with Gasteiger partial charge in [0.15, 0.2) is 11.5 Å². The molecular weight excluding hydrogens is 290 g/mol. The summed E-state index contributed by atoms with van der Waals surface area (Å²) in [5, 5.41) is 10.7. The topological polar surface area (TPSA) is 41.9 Å². The van der Waals surface area contributed by atoms with Crippen LogP contribution in [0.4, 0.5) is 0 Å². The number of piperidine rings is 1. The molecule has 0 bridgehead atoms. The van der Waals surface area contributed by atoms with E-state index in [1.807, 2.05) is 6.07 Å². The molecule has 0 aliphatic carbocycles. The minimum Gasteiger partial charge on any atom is -0.493 e. The molecule has 0 aromatic heterocycles. The molecule has 1 fully saturated rings. The summed E-state index contributed by atoms with van der Waals surface area (Å²) in [4.78, 5) is 2.45. The molecule has 23 heavy (non-hydrogen) atoms. The standard InChI is InChI=1S/C19H29NO3/c1-12(2)7-14-11-20-6-5-13-8-18(22-3)19(23-4)9-15(13)16(20)10-17(14)21/h8-9,12,14,16-17,21H,5-7,10-11H2,1-4H3/t14-,16-,17+/m1/s1/i3D3. The Bertz CT molecular complexity index is 648. The Labute approximate surface area is 143 Å². The van der Waals surface area contributed by atoms with E-state index in [4.69, 9.17) is 13.6 Å². The Morgan fingerprint density at radius 1 is 1.35 bits per heavy atom. The molecule has 1 N–H and O–H groups in total. The Kier molecular flexibility index (Phi) is 3.81. The highest BCUT2D eigenvalue weighted by atomic mass is 16.5. The quantitative estimate of drug-likeness (QED) is 0.925. The van der Waals surface area contributed by atoms with Crippen molar-refractivity contribution in [3.8, 4) is 11.5 Å². The summed E-state index contributed by atoms with van der Waals surface area (Å²) in [5.41, 5.74) is 2.20. The summed E-state index contributed by atoms with van der Waals surface area (Å²) in [7, 11) is -0.990. The van der Waals surface area contributed by atoms with Crippen LogP contribution in [0.1, 0.15) is 48.0 Å². The summed E-state index contributed by atoms with van der Waals surface area (Å²) in [6, 6.07) is 3.83. The molecule has 3 rings (SSSR count). The number of hydrogen-bond acceptors (Lipinski definition) is 4. The van der Waals surface area contributed by atoms with Crippen molar-refractivity contribution in [1.29, 1.82) is 0 Å². The molecule has 2 aliphatic rings. The van der Waals surface area contributed by atoms with Crippen LogP contribution in [0, 0.1) is 11.8 Å². The van der Waals surface area contributed by atoms with Crippen LogP contribution < -0.4 is 9.47 Å². The second-order valence-corrected chi connectivity index (χ2v) is 7.26. The predicted molar refractivity (Wildman–Crippen MR) is 91.1 cm³/mol.